The summed E-state index contributed by atoms with van der Waals surface area (Å²) in [7, 11) is -3.23. The van der Waals surface area contributed by atoms with E-state index < -0.39 is 15.9 Å². The Bertz CT molecular complexity index is 946. The Morgan fingerprint density at radius 3 is 1.96 bits per heavy atom. The van der Waals surface area contributed by atoms with Crippen LogP contribution in [0.5, 0.6) is 0 Å². The van der Waals surface area contributed by atoms with Gasteiger partial charge in [0.25, 0.3) is 0 Å². The van der Waals surface area contributed by atoms with E-state index in [9.17, 15) is 18.0 Å². The van der Waals surface area contributed by atoms with Crippen LogP contribution >= 0.6 is 0 Å². The first-order valence-electron chi connectivity index (χ1n) is 9.61. The summed E-state index contributed by atoms with van der Waals surface area (Å²) in [6, 6.07) is 3.88. The van der Waals surface area contributed by atoms with Crippen LogP contribution < -0.4 is 0 Å². The summed E-state index contributed by atoms with van der Waals surface area (Å²) < 4.78 is 25.0. The van der Waals surface area contributed by atoms with Gasteiger partial charge in [0.2, 0.25) is 10.0 Å². The number of rotatable bonds is 2. The molecule has 5 nitrogen and oxygen atoms in total. The zero-order chi connectivity index (χ0) is 20.7. The van der Waals surface area contributed by atoms with Crippen LogP contribution in [-0.2, 0) is 19.6 Å². The predicted molar refractivity (Wildman–Crippen MR) is 109 cm³/mol. The summed E-state index contributed by atoms with van der Waals surface area (Å²) in [5.74, 6) is 5.13. The molecule has 0 atom stereocenters. The highest BCUT2D eigenvalue weighted by Crippen LogP contribution is 2.46. The van der Waals surface area contributed by atoms with E-state index >= 15 is 0 Å². The molecule has 28 heavy (non-hydrogen) atoms. The number of nitrogens with zero attached hydrogens (tertiary/aromatic N) is 1. The van der Waals surface area contributed by atoms with Gasteiger partial charge in [-0.25, -0.2) is 12.7 Å². The molecule has 1 saturated carbocycles. The van der Waals surface area contributed by atoms with E-state index in [0.717, 1.165) is 22.3 Å². The molecule has 2 aliphatic rings. The fraction of sp³-hybridized carbons (Fsp3) is 0.545. The first-order chi connectivity index (χ1) is 13.1. The number of hydrogen-bond acceptors (Lipinski definition) is 4. The number of hydrogen-bond donors (Lipinski definition) is 0. The molecule has 1 aliphatic heterocycles. The predicted octanol–water partition coefficient (Wildman–Crippen LogP) is 2.73. The van der Waals surface area contributed by atoms with Crippen LogP contribution in [0.4, 0.5) is 0 Å². The van der Waals surface area contributed by atoms with Crippen molar-refractivity contribution in [3.63, 3.8) is 0 Å². The second-order valence-corrected chi connectivity index (χ2v) is 10.3. The molecule has 1 spiro atoms. The van der Waals surface area contributed by atoms with E-state index in [1.807, 2.05) is 26.0 Å². The number of benzene rings is 1. The van der Waals surface area contributed by atoms with Gasteiger partial charge in [0, 0.05) is 31.5 Å². The van der Waals surface area contributed by atoms with Gasteiger partial charge in [0.05, 0.1) is 6.26 Å². The average molecular weight is 402 g/mol. The number of carbonyl (C=O) groups is 2. The van der Waals surface area contributed by atoms with Gasteiger partial charge in [0.15, 0.2) is 0 Å². The molecule has 0 aromatic heterocycles. The van der Waals surface area contributed by atoms with E-state index in [2.05, 4.69) is 11.8 Å². The Kier molecular flexibility index (Phi) is 5.53. The normalized spacial score (nSPS) is 20.9. The molecule has 6 heteroatoms. The molecular formula is C22H27NO4S. The molecular weight excluding hydrogens is 374 g/mol. The first-order valence-corrected chi connectivity index (χ1v) is 11.5. The minimum Gasteiger partial charge on any atom is -0.299 e. The van der Waals surface area contributed by atoms with Crippen LogP contribution in [0.15, 0.2) is 12.1 Å². The van der Waals surface area contributed by atoms with E-state index in [1.54, 1.807) is 6.92 Å². The molecule has 0 N–H and O–H groups in total. The van der Waals surface area contributed by atoms with Gasteiger partial charge >= 0.3 is 0 Å². The van der Waals surface area contributed by atoms with Crippen LogP contribution in [0, 0.1) is 31.1 Å². The number of carbonyl (C=O) groups excluding carboxylic acids is 2. The number of ketones is 2. The maximum absolute atomic E-state index is 13.1. The fourth-order valence-electron chi connectivity index (χ4n) is 4.80. The molecule has 0 unspecified atom stereocenters. The minimum absolute atomic E-state index is 0.0374. The van der Waals surface area contributed by atoms with Gasteiger partial charge < -0.3 is 0 Å². The zero-order valence-corrected chi connectivity index (χ0v) is 17.8. The summed E-state index contributed by atoms with van der Waals surface area (Å²) in [5.41, 5.74) is 3.17. The van der Waals surface area contributed by atoms with E-state index in [0.29, 0.717) is 38.8 Å². The van der Waals surface area contributed by atoms with Gasteiger partial charge in [-0.05, 0) is 67.9 Å². The van der Waals surface area contributed by atoms with Gasteiger partial charge in [-0.2, -0.15) is 0 Å². The fourth-order valence-corrected chi connectivity index (χ4v) is 5.65. The highest BCUT2D eigenvalue weighted by Gasteiger charge is 2.48. The Hall–Kier alpha value is -1.97. The highest BCUT2D eigenvalue weighted by molar-refractivity contribution is 7.88. The molecule has 2 fully saturated rings. The number of sulfonamides is 1. The lowest BCUT2D eigenvalue weighted by Gasteiger charge is -2.44. The van der Waals surface area contributed by atoms with E-state index in [4.69, 9.17) is 0 Å². The number of Topliss-reactive ketones (excluding diaryl/α,β-unsaturated/α-hetero) is 2. The second kappa shape index (κ2) is 7.46. The van der Waals surface area contributed by atoms with Crippen LogP contribution in [0.2, 0.25) is 0 Å². The molecule has 0 bridgehead atoms. The highest BCUT2D eigenvalue weighted by atomic mass is 32.2. The topological polar surface area (TPSA) is 71.5 Å². The van der Waals surface area contributed by atoms with Crippen molar-refractivity contribution in [2.75, 3.05) is 19.3 Å². The zero-order valence-electron chi connectivity index (χ0n) is 17.0. The average Bonchev–Trinajstić information content (AvgIpc) is 2.56. The Morgan fingerprint density at radius 2 is 1.54 bits per heavy atom. The maximum atomic E-state index is 13.1. The summed E-state index contributed by atoms with van der Waals surface area (Å²) in [6.45, 7) is 6.40. The molecule has 0 radical (unpaired) electrons. The third-order valence-electron chi connectivity index (χ3n) is 6.15. The van der Waals surface area contributed by atoms with E-state index in [1.165, 1.54) is 10.6 Å². The summed E-state index contributed by atoms with van der Waals surface area (Å²) in [6.07, 6.45) is 3.02. The van der Waals surface area contributed by atoms with Crippen LogP contribution in [-0.4, -0.2) is 43.6 Å². The lowest BCUT2D eigenvalue weighted by molar-refractivity contribution is -0.138. The number of aryl methyl sites for hydroxylation is 2. The van der Waals surface area contributed by atoms with Crippen molar-refractivity contribution in [3.8, 4) is 11.8 Å². The Morgan fingerprint density at radius 1 is 1.04 bits per heavy atom. The molecule has 150 valence electrons. The molecule has 1 aromatic carbocycles. The summed E-state index contributed by atoms with van der Waals surface area (Å²) in [4.78, 5) is 26.2. The molecule has 1 saturated heterocycles. The molecule has 1 heterocycles. The van der Waals surface area contributed by atoms with Crippen molar-refractivity contribution < 1.29 is 18.0 Å². The van der Waals surface area contributed by atoms with E-state index in [-0.39, 0.29) is 17.0 Å². The molecule has 3 rings (SSSR count). The first kappa shape index (κ1) is 20.8. The van der Waals surface area contributed by atoms with Crippen molar-refractivity contribution in [1.82, 2.24) is 4.31 Å². The van der Waals surface area contributed by atoms with Gasteiger partial charge in [0.1, 0.15) is 17.5 Å². The largest absolute Gasteiger partial charge is 0.299 e. The molecule has 0 amide bonds. The lowest BCUT2D eigenvalue weighted by atomic mass is 9.63. The lowest BCUT2D eigenvalue weighted by Crippen LogP contribution is -2.48. The second-order valence-electron chi connectivity index (χ2n) is 8.28. The van der Waals surface area contributed by atoms with Gasteiger partial charge in [-0.15, -0.1) is 5.92 Å². The van der Waals surface area contributed by atoms with Gasteiger partial charge in [-0.1, -0.05) is 5.92 Å². The third-order valence-corrected chi connectivity index (χ3v) is 7.45. The third kappa shape index (κ3) is 3.92. The van der Waals surface area contributed by atoms with Crippen molar-refractivity contribution in [1.29, 1.82) is 0 Å². The van der Waals surface area contributed by atoms with Crippen LogP contribution in [0.25, 0.3) is 0 Å². The standard InChI is InChI=1S/C22H27NO4S/c1-5-6-17-11-15(2)20(16(3)12-17)21-18(24)13-22(14-19(21)25)7-9-23(10-8-22)28(4,26)27/h11-12,21H,7-10,13-14H2,1-4H3. The SMILES string of the molecule is CC#Cc1cc(C)c(C2C(=O)CC3(CCN(S(C)(=O)=O)CC3)CC2=O)c(C)c1. The Balaban J connectivity index is 1.85. The smallest absolute Gasteiger partial charge is 0.211 e. The number of piperidine rings is 1. The van der Waals surface area contributed by atoms with Crippen molar-refractivity contribution in [3.05, 3.63) is 34.4 Å². The van der Waals surface area contributed by atoms with Crippen molar-refractivity contribution in [2.24, 2.45) is 5.41 Å². The Labute approximate surface area is 167 Å². The minimum atomic E-state index is -3.23. The monoisotopic (exact) mass is 401 g/mol. The molecule has 1 aliphatic carbocycles. The quantitative estimate of drug-likeness (QED) is 0.564. The van der Waals surface area contributed by atoms with Crippen LogP contribution in [0.3, 0.4) is 0 Å². The van der Waals surface area contributed by atoms with Crippen LogP contribution in [0.1, 0.15) is 60.8 Å². The van der Waals surface area contributed by atoms with Gasteiger partial charge in [-0.3, -0.25) is 9.59 Å². The molecule has 1 aromatic rings. The summed E-state index contributed by atoms with van der Waals surface area (Å²) in [5, 5.41) is 0. The van der Waals surface area contributed by atoms with Crippen molar-refractivity contribution >= 4 is 21.6 Å². The van der Waals surface area contributed by atoms with Crippen molar-refractivity contribution in [2.45, 2.75) is 52.4 Å². The summed E-state index contributed by atoms with van der Waals surface area (Å²) >= 11 is 0. The maximum Gasteiger partial charge on any atom is 0.211 e.